The van der Waals surface area contributed by atoms with Crippen LogP contribution in [0.4, 0.5) is 9.59 Å². The molecular weight excluding hydrogens is 440 g/mol. The van der Waals surface area contributed by atoms with Crippen LogP contribution < -0.4 is 0 Å². The summed E-state index contributed by atoms with van der Waals surface area (Å²) in [7, 11) is 0. The van der Waals surface area contributed by atoms with Crippen LogP contribution in [0.25, 0.3) is 0 Å². The van der Waals surface area contributed by atoms with Crippen LogP contribution in [0.1, 0.15) is 67.2 Å². The average molecular weight is 481 g/mol. The number of hydrogen-bond donors (Lipinski definition) is 2. The fourth-order valence-electron chi connectivity index (χ4n) is 3.52. The van der Waals surface area contributed by atoms with E-state index >= 15 is 0 Å². The second-order valence-electron chi connectivity index (χ2n) is 10.7. The van der Waals surface area contributed by atoms with Gasteiger partial charge in [-0.25, -0.2) is 9.59 Å². The quantitative estimate of drug-likeness (QED) is 0.538. The summed E-state index contributed by atoms with van der Waals surface area (Å²) in [6.45, 7) is 12.4. The summed E-state index contributed by atoms with van der Waals surface area (Å²) >= 11 is 0. The molecular formula is C24H40N4O6. The van der Waals surface area contributed by atoms with Crippen molar-refractivity contribution in [3.63, 3.8) is 0 Å². The van der Waals surface area contributed by atoms with Gasteiger partial charge in [0.05, 0.1) is 36.2 Å². The first-order chi connectivity index (χ1) is 15.7. The number of aliphatic hydroxyl groups is 2. The number of rotatable bonds is 0. The van der Waals surface area contributed by atoms with Crippen molar-refractivity contribution in [2.75, 3.05) is 26.2 Å². The summed E-state index contributed by atoms with van der Waals surface area (Å²) in [5.41, 5.74) is -1.08. The van der Waals surface area contributed by atoms with Crippen molar-refractivity contribution in [1.29, 1.82) is 10.5 Å². The number of nitrogens with zero attached hydrogens (tertiary/aromatic N) is 4. The Morgan fingerprint density at radius 2 is 1.09 bits per heavy atom. The number of ether oxygens (including phenoxy) is 2. The largest absolute Gasteiger partial charge is 0.444 e. The van der Waals surface area contributed by atoms with E-state index in [0.29, 0.717) is 38.8 Å². The molecule has 4 atom stereocenters. The number of aliphatic hydroxyl groups excluding tert-OH is 2. The Bertz CT molecular complexity index is 697. The Morgan fingerprint density at radius 1 is 0.765 bits per heavy atom. The Hall–Kier alpha value is -2.56. The summed E-state index contributed by atoms with van der Waals surface area (Å²) in [5, 5.41) is 37.2. The first-order valence-electron chi connectivity index (χ1n) is 11.8. The Kier molecular flexibility index (Phi) is 11.1. The number of amides is 2. The van der Waals surface area contributed by atoms with Crippen LogP contribution in [0.5, 0.6) is 0 Å². The van der Waals surface area contributed by atoms with E-state index < -0.39 is 47.4 Å². The van der Waals surface area contributed by atoms with Gasteiger partial charge in [-0.15, -0.1) is 0 Å². The molecule has 10 heteroatoms. The fourth-order valence-corrected chi connectivity index (χ4v) is 3.52. The minimum atomic E-state index is -0.646. The number of carbonyl (C=O) groups excluding carboxylic acids is 2. The normalized spacial score (nSPS) is 25.9. The van der Waals surface area contributed by atoms with Crippen molar-refractivity contribution in [1.82, 2.24) is 9.80 Å². The molecule has 2 aliphatic heterocycles. The van der Waals surface area contributed by atoms with E-state index in [-0.39, 0.29) is 13.1 Å². The SMILES string of the molecule is CC(C)(C)OC(=O)N1CCC[C@@H](O)[C@H](C#N)C1.CC(C)(C)OC(=O)N1CCC[C@H](O)[C@@H](C#N)C1. The van der Waals surface area contributed by atoms with Crippen LogP contribution in [0, 0.1) is 34.5 Å². The lowest BCUT2D eigenvalue weighted by Gasteiger charge is -2.27. The van der Waals surface area contributed by atoms with Crippen LogP contribution in [0.15, 0.2) is 0 Å². The van der Waals surface area contributed by atoms with Gasteiger partial charge < -0.3 is 29.5 Å². The van der Waals surface area contributed by atoms with Gasteiger partial charge >= 0.3 is 12.2 Å². The second-order valence-corrected chi connectivity index (χ2v) is 10.7. The molecule has 0 saturated carbocycles. The van der Waals surface area contributed by atoms with Crippen molar-refractivity contribution in [2.45, 2.75) is 90.6 Å². The Morgan fingerprint density at radius 3 is 1.35 bits per heavy atom. The number of carbonyl (C=O) groups is 2. The van der Waals surface area contributed by atoms with E-state index in [1.54, 1.807) is 41.5 Å². The summed E-state index contributed by atoms with van der Waals surface area (Å²) in [6, 6.07) is 4.08. The van der Waals surface area contributed by atoms with Gasteiger partial charge in [0.15, 0.2) is 0 Å². The maximum Gasteiger partial charge on any atom is 0.410 e. The highest BCUT2D eigenvalue weighted by Gasteiger charge is 2.31. The van der Waals surface area contributed by atoms with Crippen LogP contribution >= 0.6 is 0 Å². The van der Waals surface area contributed by atoms with Crippen LogP contribution in [-0.4, -0.2) is 81.8 Å². The summed E-state index contributed by atoms with van der Waals surface area (Å²) in [5.74, 6) is -1.05. The molecule has 192 valence electrons. The zero-order chi connectivity index (χ0) is 26.1. The highest BCUT2D eigenvalue weighted by molar-refractivity contribution is 5.68. The molecule has 0 radical (unpaired) electrons. The van der Waals surface area contributed by atoms with Gasteiger partial charge in [0.1, 0.15) is 11.2 Å². The van der Waals surface area contributed by atoms with E-state index in [1.807, 2.05) is 12.1 Å². The first kappa shape index (κ1) is 29.5. The van der Waals surface area contributed by atoms with Gasteiger partial charge in [0.2, 0.25) is 0 Å². The molecule has 2 heterocycles. The van der Waals surface area contributed by atoms with E-state index in [1.165, 1.54) is 9.80 Å². The maximum absolute atomic E-state index is 11.8. The smallest absolute Gasteiger partial charge is 0.410 e. The monoisotopic (exact) mass is 480 g/mol. The lowest BCUT2D eigenvalue weighted by molar-refractivity contribution is 0.0216. The van der Waals surface area contributed by atoms with Crippen molar-refractivity contribution in [2.24, 2.45) is 11.8 Å². The van der Waals surface area contributed by atoms with Gasteiger partial charge in [0, 0.05) is 26.2 Å². The van der Waals surface area contributed by atoms with Gasteiger partial charge in [-0.3, -0.25) is 0 Å². The maximum atomic E-state index is 11.8. The molecule has 2 saturated heterocycles. The molecule has 0 bridgehead atoms. The average Bonchev–Trinajstić information content (AvgIpc) is 3.01. The third kappa shape index (κ3) is 10.6. The van der Waals surface area contributed by atoms with Crippen molar-refractivity contribution in [3.8, 4) is 12.1 Å². The molecule has 2 fully saturated rings. The van der Waals surface area contributed by atoms with Gasteiger partial charge in [0.25, 0.3) is 0 Å². The molecule has 0 aromatic rings. The zero-order valence-electron chi connectivity index (χ0n) is 21.3. The van der Waals surface area contributed by atoms with Crippen LogP contribution in [-0.2, 0) is 9.47 Å². The van der Waals surface area contributed by atoms with Gasteiger partial charge in [-0.2, -0.15) is 10.5 Å². The van der Waals surface area contributed by atoms with Crippen molar-refractivity contribution in [3.05, 3.63) is 0 Å². The molecule has 2 N–H and O–H groups in total. The highest BCUT2D eigenvalue weighted by Crippen LogP contribution is 2.20. The highest BCUT2D eigenvalue weighted by atomic mass is 16.6. The lowest BCUT2D eigenvalue weighted by Crippen LogP contribution is -2.40. The van der Waals surface area contributed by atoms with E-state index in [0.717, 1.165) is 0 Å². The second kappa shape index (κ2) is 12.8. The Balaban J connectivity index is 0.000000340. The van der Waals surface area contributed by atoms with Crippen LogP contribution in [0.3, 0.4) is 0 Å². The zero-order valence-corrected chi connectivity index (χ0v) is 21.3. The van der Waals surface area contributed by atoms with Gasteiger partial charge in [-0.1, -0.05) is 0 Å². The number of likely N-dealkylation sites (tertiary alicyclic amines) is 2. The molecule has 0 spiro atoms. The molecule has 0 aromatic heterocycles. The molecule has 0 aromatic carbocycles. The minimum absolute atomic E-state index is 0.243. The molecule has 34 heavy (non-hydrogen) atoms. The number of hydrogen-bond acceptors (Lipinski definition) is 8. The molecule has 2 aliphatic rings. The standard InChI is InChI=1S/2C12H20N2O3/c2*1-12(2,3)17-11(16)14-6-4-5-10(15)9(7-13)8-14/h2*9-10,15H,4-6,8H2,1-3H3/t2*9-,10-/m10/s1. The third-order valence-corrected chi connectivity index (χ3v) is 5.25. The summed E-state index contributed by atoms with van der Waals surface area (Å²) < 4.78 is 10.5. The van der Waals surface area contributed by atoms with E-state index in [4.69, 9.17) is 20.0 Å². The topological polar surface area (TPSA) is 147 Å². The third-order valence-electron chi connectivity index (χ3n) is 5.25. The molecule has 0 unspecified atom stereocenters. The molecule has 10 nitrogen and oxygen atoms in total. The van der Waals surface area contributed by atoms with Gasteiger partial charge in [-0.05, 0) is 67.2 Å². The fraction of sp³-hybridized carbons (Fsp3) is 0.833. The van der Waals surface area contributed by atoms with E-state index in [2.05, 4.69) is 0 Å². The Labute approximate surface area is 203 Å². The predicted molar refractivity (Wildman–Crippen MR) is 124 cm³/mol. The van der Waals surface area contributed by atoms with Crippen LogP contribution in [0.2, 0.25) is 0 Å². The lowest BCUT2D eigenvalue weighted by atomic mass is 10.0. The minimum Gasteiger partial charge on any atom is -0.444 e. The molecule has 2 amide bonds. The first-order valence-corrected chi connectivity index (χ1v) is 11.8. The molecule has 2 rings (SSSR count). The van der Waals surface area contributed by atoms with Crippen molar-refractivity contribution < 1.29 is 29.3 Å². The summed E-state index contributed by atoms with van der Waals surface area (Å²) in [4.78, 5) is 26.7. The molecule has 0 aliphatic carbocycles. The van der Waals surface area contributed by atoms with Crippen molar-refractivity contribution >= 4 is 12.2 Å². The summed E-state index contributed by atoms with van der Waals surface area (Å²) in [6.07, 6.45) is 0.380. The number of nitriles is 2. The predicted octanol–water partition coefficient (Wildman–Crippen LogP) is 3.04. The van der Waals surface area contributed by atoms with E-state index in [9.17, 15) is 19.8 Å².